The van der Waals surface area contributed by atoms with E-state index in [0.29, 0.717) is 23.0 Å². The van der Waals surface area contributed by atoms with Gasteiger partial charge in [0.25, 0.3) is 0 Å². The van der Waals surface area contributed by atoms with Crippen LogP contribution in [0.4, 0.5) is 0 Å². The summed E-state index contributed by atoms with van der Waals surface area (Å²) in [6.45, 7) is 7.24. The van der Waals surface area contributed by atoms with Crippen LogP contribution >= 0.6 is 22.7 Å². The number of primary amides is 1. The molecule has 4 aliphatic rings. The molecule has 4 heterocycles. The molecule has 2 atom stereocenters. The number of fused-ring (bicyclic) bond motifs is 2. The Morgan fingerprint density at radius 1 is 0.739 bits per heavy atom. The van der Waals surface area contributed by atoms with E-state index in [1.807, 2.05) is 18.2 Å². The van der Waals surface area contributed by atoms with E-state index in [1.165, 1.54) is 87.3 Å². The molecule has 4 fully saturated rings. The van der Waals surface area contributed by atoms with Crippen LogP contribution in [0.15, 0.2) is 36.4 Å². The minimum absolute atomic E-state index is 0.348. The third-order valence-electron chi connectivity index (χ3n) is 10.9. The van der Waals surface area contributed by atoms with E-state index >= 15 is 0 Å². The SMILES string of the molecule is C[C@H]1CCCCN1C1CC(c2nc3ccc(C(=O)O)cc3s2)C1.C[C@H]1CCCCN1C1CC(c2nc3ccc(C(N)=O)cc3s2)C1. The van der Waals surface area contributed by atoms with Crippen molar-refractivity contribution in [2.75, 3.05) is 13.1 Å². The summed E-state index contributed by atoms with van der Waals surface area (Å²) in [5.74, 6) is -0.0994. The number of hydrogen-bond acceptors (Lipinski definition) is 8. The molecule has 0 spiro atoms. The molecule has 0 bridgehead atoms. The summed E-state index contributed by atoms with van der Waals surface area (Å²) in [5.41, 5.74) is 8.21. The molecule has 244 valence electrons. The quantitative estimate of drug-likeness (QED) is 0.219. The van der Waals surface area contributed by atoms with Crippen LogP contribution in [-0.2, 0) is 0 Å². The molecule has 8 nitrogen and oxygen atoms in total. The molecule has 2 saturated carbocycles. The maximum absolute atomic E-state index is 11.3. The van der Waals surface area contributed by atoms with Crippen molar-refractivity contribution >= 4 is 55.0 Å². The van der Waals surface area contributed by atoms with E-state index in [4.69, 9.17) is 20.8 Å². The van der Waals surface area contributed by atoms with Gasteiger partial charge in [-0.3, -0.25) is 14.6 Å². The Labute approximate surface area is 279 Å². The molecule has 0 unspecified atom stereocenters. The van der Waals surface area contributed by atoms with Gasteiger partial charge in [0.15, 0.2) is 0 Å². The molecule has 2 aliphatic carbocycles. The third kappa shape index (κ3) is 6.46. The van der Waals surface area contributed by atoms with Gasteiger partial charge in [-0.15, -0.1) is 22.7 Å². The summed E-state index contributed by atoms with van der Waals surface area (Å²) >= 11 is 3.39. The lowest BCUT2D eigenvalue weighted by Crippen LogP contribution is -2.50. The summed E-state index contributed by atoms with van der Waals surface area (Å²) in [5, 5.41) is 11.5. The van der Waals surface area contributed by atoms with Crippen LogP contribution < -0.4 is 5.73 Å². The summed E-state index contributed by atoms with van der Waals surface area (Å²) in [6, 6.07) is 13.7. The number of piperidine rings is 2. The minimum Gasteiger partial charge on any atom is -0.478 e. The van der Waals surface area contributed by atoms with Gasteiger partial charge in [-0.25, -0.2) is 14.8 Å². The van der Waals surface area contributed by atoms with Gasteiger partial charge in [-0.05, 0) is 115 Å². The fraction of sp³-hybridized carbons (Fsp3) is 0.556. The Balaban J connectivity index is 0.000000147. The van der Waals surface area contributed by atoms with Crippen LogP contribution in [0.25, 0.3) is 20.4 Å². The minimum atomic E-state index is -0.871. The molecule has 1 amide bonds. The zero-order chi connectivity index (χ0) is 31.9. The Kier molecular flexibility index (Phi) is 9.15. The van der Waals surface area contributed by atoms with E-state index in [1.54, 1.807) is 40.9 Å². The first-order chi connectivity index (χ1) is 22.2. The average Bonchev–Trinajstić information content (AvgIpc) is 3.61. The molecule has 3 N–H and O–H groups in total. The number of carboxylic acids is 1. The van der Waals surface area contributed by atoms with E-state index < -0.39 is 5.97 Å². The van der Waals surface area contributed by atoms with Gasteiger partial charge in [0.05, 0.1) is 36.0 Å². The van der Waals surface area contributed by atoms with E-state index in [-0.39, 0.29) is 5.91 Å². The van der Waals surface area contributed by atoms with Crippen molar-refractivity contribution in [1.29, 1.82) is 0 Å². The van der Waals surface area contributed by atoms with Gasteiger partial charge in [0, 0.05) is 41.6 Å². The van der Waals surface area contributed by atoms with Crippen LogP contribution in [-0.4, -0.2) is 74.0 Å². The van der Waals surface area contributed by atoms with Gasteiger partial charge >= 0.3 is 5.97 Å². The van der Waals surface area contributed by atoms with Crippen LogP contribution in [0.1, 0.15) is 121 Å². The summed E-state index contributed by atoms with van der Waals surface area (Å²) in [7, 11) is 0. The van der Waals surface area contributed by atoms with Gasteiger partial charge < -0.3 is 10.8 Å². The van der Waals surface area contributed by atoms with Gasteiger partial charge in [0.2, 0.25) is 5.91 Å². The zero-order valence-corrected chi connectivity index (χ0v) is 28.5. The fourth-order valence-corrected chi connectivity index (χ4v) is 10.2. The number of rotatable bonds is 6. The number of nitrogens with zero attached hydrogens (tertiary/aromatic N) is 4. The normalized spacial score (nSPS) is 28.7. The molecular formula is C36H45N5O3S2. The molecule has 2 aliphatic heterocycles. The number of aromatic nitrogens is 2. The Morgan fingerprint density at radius 2 is 1.20 bits per heavy atom. The highest BCUT2D eigenvalue weighted by atomic mass is 32.1. The van der Waals surface area contributed by atoms with E-state index in [0.717, 1.165) is 44.6 Å². The molecule has 2 aromatic carbocycles. The van der Waals surface area contributed by atoms with E-state index in [9.17, 15) is 9.59 Å². The lowest BCUT2D eigenvalue weighted by atomic mass is 9.78. The number of amides is 1. The first-order valence-electron chi connectivity index (χ1n) is 17.1. The summed E-state index contributed by atoms with van der Waals surface area (Å²) in [4.78, 5) is 37.3. The van der Waals surface area contributed by atoms with Crippen molar-refractivity contribution in [2.24, 2.45) is 5.73 Å². The van der Waals surface area contributed by atoms with Crippen LogP contribution in [0.3, 0.4) is 0 Å². The fourth-order valence-electron chi connectivity index (χ4n) is 7.97. The first kappa shape index (κ1) is 31.7. The van der Waals surface area contributed by atoms with Crippen molar-refractivity contribution in [3.05, 3.63) is 57.5 Å². The molecule has 8 rings (SSSR count). The number of thiazole rings is 2. The second kappa shape index (κ2) is 13.3. The van der Waals surface area contributed by atoms with Crippen molar-refractivity contribution < 1.29 is 14.7 Å². The zero-order valence-electron chi connectivity index (χ0n) is 26.9. The van der Waals surface area contributed by atoms with Crippen LogP contribution in [0, 0.1) is 0 Å². The number of nitrogens with two attached hydrogens (primary N) is 1. The largest absolute Gasteiger partial charge is 0.478 e. The number of carboxylic acid groups (broad SMARTS) is 1. The van der Waals surface area contributed by atoms with Gasteiger partial charge in [-0.1, -0.05) is 12.8 Å². The van der Waals surface area contributed by atoms with Crippen LogP contribution in [0.5, 0.6) is 0 Å². The van der Waals surface area contributed by atoms with Gasteiger partial charge in [-0.2, -0.15) is 0 Å². The lowest BCUT2D eigenvalue weighted by Gasteiger charge is -2.47. The van der Waals surface area contributed by atoms with Crippen molar-refractivity contribution in [1.82, 2.24) is 19.8 Å². The highest BCUT2D eigenvalue weighted by Crippen LogP contribution is 2.45. The smallest absolute Gasteiger partial charge is 0.335 e. The molecule has 46 heavy (non-hydrogen) atoms. The highest BCUT2D eigenvalue weighted by molar-refractivity contribution is 7.19. The van der Waals surface area contributed by atoms with Crippen LogP contribution in [0.2, 0.25) is 0 Å². The third-order valence-corrected chi connectivity index (χ3v) is 13.3. The summed E-state index contributed by atoms with van der Waals surface area (Å²) < 4.78 is 2.07. The first-order valence-corrected chi connectivity index (χ1v) is 18.7. The Hall–Kier alpha value is -2.92. The second-order valence-corrected chi connectivity index (χ2v) is 16.1. The number of carbonyl (C=O) groups is 2. The maximum atomic E-state index is 11.3. The predicted molar refractivity (Wildman–Crippen MR) is 186 cm³/mol. The maximum Gasteiger partial charge on any atom is 0.335 e. The number of aromatic carboxylic acids is 1. The van der Waals surface area contributed by atoms with Crippen molar-refractivity contribution in [2.45, 2.75) is 114 Å². The Bertz CT molecular complexity index is 1600. The van der Waals surface area contributed by atoms with E-state index in [2.05, 4.69) is 23.6 Å². The molecule has 4 aromatic rings. The molecule has 0 radical (unpaired) electrons. The lowest BCUT2D eigenvalue weighted by molar-refractivity contribution is 0.0479. The molecule has 2 aromatic heterocycles. The molecule has 10 heteroatoms. The van der Waals surface area contributed by atoms with Gasteiger partial charge in [0.1, 0.15) is 0 Å². The molecular weight excluding hydrogens is 615 g/mol. The number of carbonyl (C=O) groups excluding carboxylic acids is 1. The molecule has 2 saturated heterocycles. The Morgan fingerprint density at radius 3 is 1.63 bits per heavy atom. The van der Waals surface area contributed by atoms with Crippen molar-refractivity contribution in [3.8, 4) is 0 Å². The number of likely N-dealkylation sites (tertiary alicyclic amines) is 2. The highest BCUT2D eigenvalue weighted by Gasteiger charge is 2.39. The predicted octanol–water partition coefficient (Wildman–Crippen LogP) is 7.63. The average molecular weight is 660 g/mol. The number of hydrogen-bond donors (Lipinski definition) is 2. The van der Waals surface area contributed by atoms with Crippen molar-refractivity contribution in [3.63, 3.8) is 0 Å². The summed E-state index contributed by atoms with van der Waals surface area (Å²) in [6.07, 6.45) is 13.0. The standard InChI is InChI=1S/C18H23N3OS.C18H22N2O2S/c1-11-4-2-3-7-21(11)14-8-13(9-14)18-20-15-6-5-12(17(19)22)10-16(15)23-18;1-11-4-2-3-7-20(11)14-8-13(9-14)17-19-15-6-5-12(18(21)22)10-16(15)23-17/h5-6,10-11,13-14H,2-4,7-9H2,1H3,(H2,19,22);5-6,10-11,13-14H,2-4,7-9H2,1H3,(H,21,22)/t2*11-,13?,14?/m00/s1. The monoisotopic (exact) mass is 659 g/mol. The second-order valence-electron chi connectivity index (χ2n) is 13.9. The number of benzene rings is 2. The topological polar surface area (TPSA) is 113 Å².